The number of carbonyl (C=O) groups is 2. The van der Waals surface area contributed by atoms with Crippen molar-refractivity contribution in [3.8, 4) is 5.69 Å². The molecule has 1 saturated heterocycles. The van der Waals surface area contributed by atoms with Crippen LogP contribution in [0.2, 0.25) is 0 Å². The molecule has 1 unspecified atom stereocenters. The van der Waals surface area contributed by atoms with E-state index in [4.69, 9.17) is 5.11 Å². The van der Waals surface area contributed by atoms with Crippen molar-refractivity contribution < 1.29 is 19.1 Å². The fraction of sp³-hybridized carbons (Fsp3) is 0.500. The molecule has 2 heterocycles. The van der Waals surface area contributed by atoms with Crippen LogP contribution in [0, 0.1) is 5.82 Å². The minimum atomic E-state index is -0.837. The van der Waals surface area contributed by atoms with Crippen LogP contribution in [-0.2, 0) is 17.6 Å². The van der Waals surface area contributed by atoms with Crippen LogP contribution < -0.4 is 0 Å². The summed E-state index contributed by atoms with van der Waals surface area (Å²) in [7, 11) is 0. The van der Waals surface area contributed by atoms with Crippen molar-refractivity contribution in [1.29, 1.82) is 0 Å². The Morgan fingerprint density at radius 2 is 2.00 bits per heavy atom. The molecule has 2 aliphatic rings. The highest BCUT2D eigenvalue weighted by molar-refractivity contribution is 5.94. The van der Waals surface area contributed by atoms with E-state index in [2.05, 4.69) is 5.10 Å². The number of hydrogen-bond donors (Lipinski definition) is 1. The van der Waals surface area contributed by atoms with Crippen LogP contribution in [-0.4, -0.2) is 44.3 Å². The molecule has 1 aliphatic carbocycles. The first kappa shape index (κ1) is 19.6. The summed E-state index contributed by atoms with van der Waals surface area (Å²) in [6, 6.07) is 6.22. The smallest absolute Gasteiger partial charge is 0.303 e. The van der Waals surface area contributed by atoms with Gasteiger partial charge in [-0.1, -0.05) is 6.07 Å². The highest BCUT2D eigenvalue weighted by Gasteiger charge is 2.33. The number of nitrogens with zero attached hydrogens (tertiary/aromatic N) is 3. The monoisotopic (exact) mass is 399 g/mol. The van der Waals surface area contributed by atoms with Gasteiger partial charge in [-0.15, -0.1) is 0 Å². The third-order valence-electron chi connectivity index (χ3n) is 6.01. The molecule has 7 heteroatoms. The van der Waals surface area contributed by atoms with Gasteiger partial charge < -0.3 is 10.0 Å². The van der Waals surface area contributed by atoms with E-state index in [1.54, 1.807) is 16.8 Å². The number of rotatable bonds is 5. The molecule has 1 aromatic carbocycles. The van der Waals surface area contributed by atoms with Crippen LogP contribution in [0.15, 0.2) is 24.3 Å². The van der Waals surface area contributed by atoms with E-state index >= 15 is 0 Å². The molecule has 0 saturated carbocycles. The Balaban J connectivity index is 1.68. The van der Waals surface area contributed by atoms with Gasteiger partial charge >= 0.3 is 5.97 Å². The lowest BCUT2D eigenvalue weighted by atomic mass is 9.93. The summed E-state index contributed by atoms with van der Waals surface area (Å²) in [5, 5.41) is 13.7. The van der Waals surface area contributed by atoms with Gasteiger partial charge in [0.15, 0.2) is 5.69 Å². The Morgan fingerprint density at radius 3 is 2.79 bits per heavy atom. The summed E-state index contributed by atoms with van der Waals surface area (Å²) in [6.45, 7) is 0.630. The van der Waals surface area contributed by atoms with Gasteiger partial charge in [-0.05, 0) is 69.6 Å². The van der Waals surface area contributed by atoms with Crippen LogP contribution in [0.5, 0.6) is 0 Å². The first-order valence-electron chi connectivity index (χ1n) is 10.4. The van der Waals surface area contributed by atoms with Crippen molar-refractivity contribution >= 4 is 11.9 Å². The molecule has 1 aromatic heterocycles. The molecule has 154 valence electrons. The molecule has 4 rings (SSSR count). The molecule has 1 amide bonds. The molecular weight excluding hydrogens is 373 g/mol. The van der Waals surface area contributed by atoms with E-state index < -0.39 is 5.97 Å². The summed E-state index contributed by atoms with van der Waals surface area (Å²) in [5.41, 5.74) is 3.03. The van der Waals surface area contributed by atoms with E-state index in [0.29, 0.717) is 24.3 Å². The Morgan fingerprint density at radius 1 is 1.17 bits per heavy atom. The summed E-state index contributed by atoms with van der Waals surface area (Å²) in [5.74, 6) is -1.29. The molecule has 6 nitrogen and oxygen atoms in total. The maximum absolute atomic E-state index is 13.8. The molecule has 1 aliphatic heterocycles. The highest BCUT2D eigenvalue weighted by Crippen LogP contribution is 2.30. The third-order valence-corrected chi connectivity index (χ3v) is 6.01. The van der Waals surface area contributed by atoms with E-state index in [1.807, 2.05) is 4.90 Å². The Hall–Kier alpha value is -2.70. The first-order chi connectivity index (χ1) is 14.0. The normalized spacial score (nSPS) is 19.1. The van der Waals surface area contributed by atoms with Gasteiger partial charge in [-0.3, -0.25) is 9.59 Å². The van der Waals surface area contributed by atoms with Gasteiger partial charge in [0.1, 0.15) is 5.82 Å². The second kappa shape index (κ2) is 8.35. The van der Waals surface area contributed by atoms with E-state index in [-0.39, 0.29) is 24.2 Å². The van der Waals surface area contributed by atoms with Crippen molar-refractivity contribution in [3.05, 3.63) is 47.0 Å². The molecule has 1 atom stereocenters. The van der Waals surface area contributed by atoms with Crippen LogP contribution in [0.25, 0.3) is 5.69 Å². The van der Waals surface area contributed by atoms with E-state index in [0.717, 1.165) is 56.2 Å². The number of amides is 1. The molecular formula is C22H26FN3O3. The van der Waals surface area contributed by atoms with Crippen molar-refractivity contribution in [1.82, 2.24) is 14.7 Å². The maximum Gasteiger partial charge on any atom is 0.303 e. The van der Waals surface area contributed by atoms with Crippen LogP contribution in [0.3, 0.4) is 0 Å². The molecule has 2 aromatic rings. The maximum atomic E-state index is 13.8. The van der Waals surface area contributed by atoms with Gasteiger partial charge in [0, 0.05) is 30.3 Å². The topological polar surface area (TPSA) is 75.4 Å². The minimum Gasteiger partial charge on any atom is -0.481 e. The number of carbonyl (C=O) groups excluding carboxylic acids is 1. The van der Waals surface area contributed by atoms with Gasteiger partial charge in [0.05, 0.1) is 5.69 Å². The minimum absolute atomic E-state index is 0.0598. The quantitative estimate of drug-likeness (QED) is 0.831. The van der Waals surface area contributed by atoms with Crippen LogP contribution in [0.1, 0.15) is 66.7 Å². The van der Waals surface area contributed by atoms with Gasteiger partial charge in [-0.25, -0.2) is 9.07 Å². The lowest BCUT2D eigenvalue weighted by Gasteiger charge is -2.35. The second-order valence-electron chi connectivity index (χ2n) is 7.95. The molecule has 1 N–H and O–H groups in total. The molecule has 0 bridgehead atoms. The zero-order chi connectivity index (χ0) is 20.4. The molecule has 0 spiro atoms. The highest BCUT2D eigenvalue weighted by atomic mass is 19.1. The van der Waals surface area contributed by atoms with Gasteiger partial charge in [-0.2, -0.15) is 5.10 Å². The lowest BCUT2D eigenvalue weighted by Crippen LogP contribution is -2.44. The number of piperidine rings is 1. The first-order valence-corrected chi connectivity index (χ1v) is 10.4. The number of likely N-dealkylation sites (tertiary alicyclic amines) is 1. The average molecular weight is 399 g/mol. The van der Waals surface area contributed by atoms with Gasteiger partial charge in [0.25, 0.3) is 5.91 Å². The Bertz CT molecular complexity index is 924. The molecule has 0 radical (unpaired) electrons. The van der Waals surface area contributed by atoms with Crippen molar-refractivity contribution in [2.24, 2.45) is 0 Å². The number of carboxylic acids is 1. The summed E-state index contributed by atoms with van der Waals surface area (Å²) >= 11 is 0. The molecule has 29 heavy (non-hydrogen) atoms. The fourth-order valence-corrected chi connectivity index (χ4v) is 4.59. The molecule has 1 fully saturated rings. The Labute approximate surface area is 169 Å². The number of hydrogen-bond acceptors (Lipinski definition) is 3. The van der Waals surface area contributed by atoms with Crippen LogP contribution >= 0.6 is 0 Å². The van der Waals surface area contributed by atoms with E-state index in [1.165, 1.54) is 12.1 Å². The zero-order valence-corrected chi connectivity index (χ0v) is 16.4. The Kier molecular flexibility index (Phi) is 5.65. The SMILES string of the molecule is O=C(O)CCC1CCCCN1C(=O)c1nn(-c2cccc(F)c2)c2c1CCCC2. The third kappa shape index (κ3) is 4.04. The summed E-state index contributed by atoms with van der Waals surface area (Å²) < 4.78 is 15.5. The predicted molar refractivity (Wildman–Crippen MR) is 106 cm³/mol. The van der Waals surface area contributed by atoms with E-state index in [9.17, 15) is 14.0 Å². The standard InChI is InChI=1S/C22H26FN3O3/c23-15-6-5-8-17(14-15)26-19-10-2-1-9-18(19)21(24-26)22(29)25-13-4-3-7-16(25)11-12-20(27)28/h5-6,8,14,16H,1-4,7,9-13H2,(H,27,28). The van der Waals surface area contributed by atoms with Crippen LogP contribution in [0.4, 0.5) is 4.39 Å². The zero-order valence-electron chi connectivity index (χ0n) is 16.4. The fourth-order valence-electron chi connectivity index (χ4n) is 4.59. The number of aromatic nitrogens is 2. The number of halogens is 1. The number of fused-ring (bicyclic) bond motifs is 1. The summed E-state index contributed by atoms with van der Waals surface area (Å²) in [6.07, 6.45) is 6.90. The largest absolute Gasteiger partial charge is 0.481 e. The lowest BCUT2D eigenvalue weighted by molar-refractivity contribution is -0.137. The number of carboxylic acid groups (broad SMARTS) is 1. The van der Waals surface area contributed by atoms with Crippen molar-refractivity contribution in [3.63, 3.8) is 0 Å². The summed E-state index contributed by atoms with van der Waals surface area (Å²) in [4.78, 5) is 26.3. The average Bonchev–Trinajstić information content (AvgIpc) is 3.12. The number of benzene rings is 1. The number of aliphatic carboxylic acids is 1. The second-order valence-corrected chi connectivity index (χ2v) is 7.95. The predicted octanol–water partition coefficient (Wildman–Crippen LogP) is 3.75. The van der Waals surface area contributed by atoms with Gasteiger partial charge in [0.2, 0.25) is 0 Å². The van der Waals surface area contributed by atoms with Crippen molar-refractivity contribution in [2.45, 2.75) is 63.8 Å². The van der Waals surface area contributed by atoms with Crippen molar-refractivity contribution in [2.75, 3.05) is 6.54 Å².